The maximum Gasteiger partial charge on any atom is 0.307 e. The lowest BCUT2D eigenvalue weighted by Gasteiger charge is -2.35. The average Bonchev–Trinajstić information content (AvgIpc) is 2.98. The molecule has 0 unspecified atom stereocenters. The van der Waals surface area contributed by atoms with E-state index in [9.17, 15) is 14.7 Å². The summed E-state index contributed by atoms with van der Waals surface area (Å²) < 4.78 is 0. The van der Waals surface area contributed by atoms with Gasteiger partial charge in [-0.15, -0.1) is 0 Å². The Morgan fingerprint density at radius 2 is 1.68 bits per heavy atom. The van der Waals surface area contributed by atoms with E-state index in [0.717, 1.165) is 32.4 Å². The third-order valence-corrected chi connectivity index (χ3v) is 5.12. The van der Waals surface area contributed by atoms with Crippen molar-refractivity contribution in [2.75, 3.05) is 13.1 Å². The zero-order chi connectivity index (χ0) is 13.6. The molecule has 0 spiro atoms. The van der Waals surface area contributed by atoms with Gasteiger partial charge in [0.05, 0.1) is 11.8 Å². The zero-order valence-electron chi connectivity index (χ0n) is 11.3. The van der Waals surface area contributed by atoms with Gasteiger partial charge in [-0.2, -0.15) is 0 Å². The maximum absolute atomic E-state index is 12.6. The summed E-state index contributed by atoms with van der Waals surface area (Å²) in [5.41, 5.74) is 0. The molecule has 2 aliphatic carbocycles. The van der Waals surface area contributed by atoms with Crippen LogP contribution in [0.2, 0.25) is 0 Å². The van der Waals surface area contributed by atoms with Gasteiger partial charge in [-0.1, -0.05) is 19.1 Å². The van der Waals surface area contributed by atoms with Crippen molar-refractivity contribution in [1.29, 1.82) is 0 Å². The van der Waals surface area contributed by atoms with Crippen LogP contribution in [0.3, 0.4) is 0 Å². The first kappa shape index (κ1) is 12.7. The summed E-state index contributed by atoms with van der Waals surface area (Å²) in [6.07, 6.45) is 6.97. The predicted octanol–water partition coefficient (Wildman–Crippen LogP) is 1.77. The quantitative estimate of drug-likeness (QED) is 0.772. The number of carboxylic acid groups (broad SMARTS) is 1. The lowest BCUT2D eigenvalue weighted by atomic mass is 9.81. The smallest absolute Gasteiger partial charge is 0.307 e. The molecule has 0 aromatic heterocycles. The number of fused-ring (bicyclic) bond motifs is 2. The standard InChI is InChI=1S/C15H21NO3/c1-9-4-6-16(7-5-9)14(17)12-10-2-3-11(8-10)13(12)15(18)19/h2-3,9-13H,4-8H2,1H3,(H,18,19)/t10-,11+,12-,13-/m1/s1. The maximum atomic E-state index is 12.6. The fraction of sp³-hybridized carbons (Fsp3) is 0.733. The summed E-state index contributed by atoms with van der Waals surface area (Å²) in [5, 5.41) is 9.39. The molecule has 1 saturated carbocycles. The number of amides is 1. The number of nitrogens with zero attached hydrogens (tertiary/aromatic N) is 1. The molecule has 0 radical (unpaired) electrons. The van der Waals surface area contributed by atoms with E-state index in [0.29, 0.717) is 5.92 Å². The van der Waals surface area contributed by atoms with Gasteiger partial charge in [0.15, 0.2) is 0 Å². The highest BCUT2D eigenvalue weighted by atomic mass is 16.4. The van der Waals surface area contributed by atoms with Gasteiger partial charge in [-0.05, 0) is 37.0 Å². The van der Waals surface area contributed by atoms with Crippen molar-refractivity contribution < 1.29 is 14.7 Å². The number of aliphatic carboxylic acids is 1. The Bertz CT molecular complexity index is 423. The van der Waals surface area contributed by atoms with Crippen LogP contribution in [0, 0.1) is 29.6 Å². The number of hydrogen-bond donors (Lipinski definition) is 1. The second kappa shape index (κ2) is 4.66. The van der Waals surface area contributed by atoms with E-state index in [-0.39, 0.29) is 23.7 Å². The highest BCUT2D eigenvalue weighted by molar-refractivity contribution is 5.87. The summed E-state index contributed by atoms with van der Waals surface area (Å²) >= 11 is 0. The van der Waals surface area contributed by atoms with E-state index in [1.807, 2.05) is 11.0 Å². The lowest BCUT2D eigenvalue weighted by Crippen LogP contribution is -2.45. The number of carbonyl (C=O) groups excluding carboxylic acids is 1. The van der Waals surface area contributed by atoms with Crippen LogP contribution < -0.4 is 0 Å². The first-order chi connectivity index (χ1) is 9.08. The van der Waals surface area contributed by atoms with E-state index in [4.69, 9.17) is 0 Å². The van der Waals surface area contributed by atoms with Crippen LogP contribution in [0.15, 0.2) is 12.2 Å². The van der Waals surface area contributed by atoms with Gasteiger partial charge in [-0.25, -0.2) is 0 Å². The van der Waals surface area contributed by atoms with Gasteiger partial charge in [-0.3, -0.25) is 9.59 Å². The molecular formula is C15H21NO3. The lowest BCUT2D eigenvalue weighted by molar-refractivity contribution is -0.151. The Morgan fingerprint density at radius 3 is 2.26 bits per heavy atom. The normalized spacial score (nSPS) is 37.8. The van der Waals surface area contributed by atoms with E-state index in [2.05, 4.69) is 13.0 Å². The molecule has 0 aromatic carbocycles. The molecule has 104 valence electrons. The minimum atomic E-state index is -0.805. The van der Waals surface area contributed by atoms with Crippen molar-refractivity contribution in [3.8, 4) is 0 Å². The fourth-order valence-corrected chi connectivity index (χ4v) is 3.94. The first-order valence-corrected chi connectivity index (χ1v) is 7.28. The molecule has 1 N–H and O–H groups in total. The Labute approximate surface area is 113 Å². The number of likely N-dealkylation sites (tertiary alicyclic amines) is 1. The van der Waals surface area contributed by atoms with Crippen LogP contribution in [-0.4, -0.2) is 35.0 Å². The summed E-state index contributed by atoms with van der Waals surface area (Å²) in [6, 6.07) is 0. The zero-order valence-corrected chi connectivity index (χ0v) is 11.3. The molecule has 4 heteroatoms. The van der Waals surface area contributed by atoms with Crippen LogP contribution in [0.5, 0.6) is 0 Å². The van der Waals surface area contributed by atoms with Crippen molar-refractivity contribution in [2.24, 2.45) is 29.6 Å². The van der Waals surface area contributed by atoms with Gasteiger partial charge in [0.1, 0.15) is 0 Å². The average molecular weight is 263 g/mol. The molecule has 19 heavy (non-hydrogen) atoms. The summed E-state index contributed by atoms with van der Waals surface area (Å²) in [4.78, 5) is 26.0. The Hall–Kier alpha value is -1.32. The molecule has 2 fully saturated rings. The molecule has 0 aromatic rings. The number of hydrogen-bond acceptors (Lipinski definition) is 2. The number of piperidine rings is 1. The van der Waals surface area contributed by atoms with Gasteiger partial charge >= 0.3 is 5.97 Å². The third-order valence-electron chi connectivity index (χ3n) is 5.12. The van der Waals surface area contributed by atoms with Crippen molar-refractivity contribution in [2.45, 2.75) is 26.2 Å². The van der Waals surface area contributed by atoms with Gasteiger partial charge in [0, 0.05) is 13.1 Å². The molecule has 1 amide bonds. The molecule has 2 bridgehead atoms. The molecule has 3 aliphatic rings. The highest BCUT2D eigenvalue weighted by Crippen LogP contribution is 2.49. The second-order valence-electron chi connectivity index (χ2n) is 6.35. The molecule has 1 aliphatic heterocycles. The Kier molecular flexibility index (Phi) is 3.11. The van der Waals surface area contributed by atoms with E-state index in [1.165, 1.54) is 0 Å². The molecule has 4 nitrogen and oxygen atoms in total. The predicted molar refractivity (Wildman–Crippen MR) is 70.3 cm³/mol. The van der Waals surface area contributed by atoms with Crippen molar-refractivity contribution in [3.63, 3.8) is 0 Å². The van der Waals surface area contributed by atoms with Crippen molar-refractivity contribution in [3.05, 3.63) is 12.2 Å². The SMILES string of the molecule is CC1CCN(C(=O)[C@H]2[C@H](C(=O)O)[C@H]3C=C[C@@H]2C3)CC1. The van der Waals surface area contributed by atoms with E-state index in [1.54, 1.807) is 0 Å². The number of carbonyl (C=O) groups is 2. The van der Waals surface area contributed by atoms with Crippen LogP contribution in [-0.2, 0) is 9.59 Å². The van der Waals surface area contributed by atoms with Gasteiger partial charge in [0.25, 0.3) is 0 Å². The largest absolute Gasteiger partial charge is 0.481 e. The van der Waals surface area contributed by atoms with Crippen molar-refractivity contribution >= 4 is 11.9 Å². The minimum Gasteiger partial charge on any atom is -0.481 e. The topological polar surface area (TPSA) is 57.6 Å². The summed E-state index contributed by atoms with van der Waals surface area (Å²) in [7, 11) is 0. The third kappa shape index (κ3) is 2.07. The number of carboxylic acids is 1. The number of allylic oxidation sites excluding steroid dienone is 2. The molecule has 3 rings (SSSR count). The molecule has 4 atom stereocenters. The Morgan fingerprint density at radius 1 is 1.11 bits per heavy atom. The molecule has 1 saturated heterocycles. The number of rotatable bonds is 2. The minimum absolute atomic E-state index is 0.0696. The molecule has 1 heterocycles. The van der Waals surface area contributed by atoms with E-state index >= 15 is 0 Å². The van der Waals surface area contributed by atoms with Crippen molar-refractivity contribution in [1.82, 2.24) is 4.90 Å². The summed E-state index contributed by atoms with van der Waals surface area (Å²) in [5.74, 6) is -0.642. The van der Waals surface area contributed by atoms with Crippen LogP contribution >= 0.6 is 0 Å². The first-order valence-electron chi connectivity index (χ1n) is 7.28. The van der Waals surface area contributed by atoms with Crippen LogP contribution in [0.4, 0.5) is 0 Å². The van der Waals surface area contributed by atoms with E-state index < -0.39 is 11.9 Å². The van der Waals surface area contributed by atoms with Gasteiger partial charge in [0.2, 0.25) is 5.91 Å². The van der Waals surface area contributed by atoms with Gasteiger partial charge < -0.3 is 10.0 Å². The van der Waals surface area contributed by atoms with Crippen LogP contribution in [0.1, 0.15) is 26.2 Å². The van der Waals surface area contributed by atoms with Crippen LogP contribution in [0.25, 0.3) is 0 Å². The Balaban J connectivity index is 1.75. The summed E-state index contributed by atoms with van der Waals surface area (Å²) in [6.45, 7) is 3.80. The monoisotopic (exact) mass is 263 g/mol. The highest BCUT2D eigenvalue weighted by Gasteiger charge is 2.52. The fourth-order valence-electron chi connectivity index (χ4n) is 3.94. The molecular weight excluding hydrogens is 242 g/mol. The second-order valence-corrected chi connectivity index (χ2v) is 6.35.